The van der Waals surface area contributed by atoms with E-state index in [0.29, 0.717) is 29.8 Å². The third kappa shape index (κ3) is 4.52. The number of ether oxygens (including phenoxy) is 1. The molecule has 0 saturated heterocycles. The van der Waals surface area contributed by atoms with Crippen molar-refractivity contribution in [2.75, 3.05) is 10.6 Å². The smallest absolute Gasteiger partial charge is 0.240 e. The molecule has 3 heterocycles. The second-order valence-corrected chi connectivity index (χ2v) is 10.2. The van der Waals surface area contributed by atoms with Gasteiger partial charge >= 0.3 is 0 Å². The lowest BCUT2D eigenvalue weighted by molar-refractivity contribution is -0.131. The number of aromatic amines is 1. The van der Waals surface area contributed by atoms with Gasteiger partial charge in [0.15, 0.2) is 17.3 Å². The molecule has 0 atom stereocenters. The number of hydrogen-bond donors (Lipinski definition) is 3. The van der Waals surface area contributed by atoms with Gasteiger partial charge in [-0.25, -0.2) is 13.3 Å². The first-order valence-electron chi connectivity index (χ1n) is 13.3. The van der Waals surface area contributed by atoms with Gasteiger partial charge in [0.25, 0.3) is 0 Å². The first kappa shape index (κ1) is 25.5. The molecule has 1 fully saturated rings. The summed E-state index contributed by atoms with van der Waals surface area (Å²) < 4.78 is 36.1. The molecule has 3 N–H and O–H groups in total. The summed E-state index contributed by atoms with van der Waals surface area (Å²) in [5.41, 5.74) is 2.78. The van der Waals surface area contributed by atoms with Gasteiger partial charge in [-0.2, -0.15) is 5.10 Å². The van der Waals surface area contributed by atoms with Gasteiger partial charge in [-0.1, -0.05) is 12.1 Å². The molecule has 0 bridgehead atoms. The fourth-order valence-corrected chi connectivity index (χ4v) is 5.04. The van der Waals surface area contributed by atoms with E-state index in [0.717, 1.165) is 28.1 Å². The number of H-pyrrole nitrogens is 1. The molecule has 6 aromatic rings. The molecule has 208 valence electrons. The molecule has 3 aromatic heterocycles. The van der Waals surface area contributed by atoms with Crippen LogP contribution in [0.1, 0.15) is 12.8 Å². The van der Waals surface area contributed by atoms with Crippen LogP contribution in [-0.2, 0) is 9.59 Å². The predicted octanol–water partition coefficient (Wildman–Crippen LogP) is 6.91. The molecule has 0 aliphatic heterocycles. The summed E-state index contributed by atoms with van der Waals surface area (Å²) in [5, 5.41) is 10.8. The number of nitrogens with zero attached hydrogens (tertiary/aromatic N) is 2. The van der Waals surface area contributed by atoms with Gasteiger partial charge in [-0.05, 0) is 78.4 Å². The van der Waals surface area contributed by atoms with E-state index in [1.807, 2.05) is 42.7 Å². The molecule has 0 unspecified atom stereocenters. The van der Waals surface area contributed by atoms with Crippen molar-refractivity contribution in [3.63, 3.8) is 0 Å². The predicted molar refractivity (Wildman–Crippen MR) is 154 cm³/mol. The van der Waals surface area contributed by atoms with Crippen molar-refractivity contribution in [2.24, 2.45) is 5.41 Å². The number of carbonyl (C=O) groups excluding carboxylic acids is 2. The van der Waals surface area contributed by atoms with Crippen LogP contribution in [0.15, 0.2) is 97.5 Å². The Kier molecular flexibility index (Phi) is 5.97. The molecular formula is C32H23F2N5O3. The average Bonchev–Trinajstić information content (AvgIpc) is 3.48. The Balaban J connectivity index is 1.10. The average molecular weight is 564 g/mol. The van der Waals surface area contributed by atoms with Gasteiger partial charge < -0.3 is 20.4 Å². The Labute approximate surface area is 237 Å². The first-order chi connectivity index (χ1) is 20.4. The van der Waals surface area contributed by atoms with Gasteiger partial charge in [0.2, 0.25) is 11.8 Å². The SMILES string of the molecule is O=C(Nc1ccc(F)cc1)C1(C(=O)Nc2ccc(Oc3ccnn4ccc(-c5ccc6cc[nH]c6c5)c34)c(F)c2)CC1. The number of aromatic nitrogens is 3. The Morgan fingerprint density at radius 1 is 0.857 bits per heavy atom. The molecule has 0 radical (unpaired) electrons. The Bertz CT molecular complexity index is 1990. The van der Waals surface area contributed by atoms with Crippen LogP contribution in [0.4, 0.5) is 20.2 Å². The largest absolute Gasteiger partial charge is 0.452 e. The van der Waals surface area contributed by atoms with Gasteiger partial charge in [-0.3, -0.25) is 9.59 Å². The standard InChI is InChI=1S/C32H23F2N5O3/c33-21-3-5-22(6-4-21)37-30(40)32(12-13-32)31(41)38-23-7-8-27(25(34)18-23)42-28-10-15-36-39-16-11-24(29(28)39)20-2-1-19-9-14-35-26(19)17-20/h1-11,14-18,35H,12-13H2,(H,37,40)(H,38,41). The number of carbonyl (C=O) groups is 2. The third-order valence-corrected chi connectivity index (χ3v) is 7.51. The Morgan fingerprint density at radius 3 is 2.38 bits per heavy atom. The minimum atomic E-state index is -1.27. The molecule has 1 aliphatic carbocycles. The van der Waals surface area contributed by atoms with Crippen molar-refractivity contribution in [3.8, 4) is 22.6 Å². The monoisotopic (exact) mass is 563 g/mol. The van der Waals surface area contributed by atoms with E-state index < -0.39 is 28.9 Å². The second-order valence-electron chi connectivity index (χ2n) is 10.2. The first-order valence-corrected chi connectivity index (χ1v) is 13.3. The summed E-state index contributed by atoms with van der Waals surface area (Å²) in [6.07, 6.45) is 5.96. The number of anilines is 2. The van der Waals surface area contributed by atoms with Crippen molar-refractivity contribution in [1.29, 1.82) is 0 Å². The van der Waals surface area contributed by atoms with Crippen molar-refractivity contribution in [2.45, 2.75) is 12.8 Å². The van der Waals surface area contributed by atoms with E-state index in [4.69, 9.17) is 4.74 Å². The summed E-state index contributed by atoms with van der Waals surface area (Å²) in [4.78, 5) is 29.1. The summed E-state index contributed by atoms with van der Waals surface area (Å²) in [7, 11) is 0. The molecule has 1 saturated carbocycles. The van der Waals surface area contributed by atoms with Crippen LogP contribution >= 0.6 is 0 Å². The summed E-state index contributed by atoms with van der Waals surface area (Å²) in [5.74, 6) is -1.79. The van der Waals surface area contributed by atoms with Gasteiger partial charge in [0.05, 0.1) is 6.20 Å². The quantitative estimate of drug-likeness (QED) is 0.184. The Hall–Kier alpha value is -5.51. The van der Waals surface area contributed by atoms with E-state index in [2.05, 4.69) is 20.7 Å². The van der Waals surface area contributed by atoms with Gasteiger partial charge in [0, 0.05) is 47.0 Å². The topological polar surface area (TPSA) is 101 Å². The molecule has 42 heavy (non-hydrogen) atoms. The maximum Gasteiger partial charge on any atom is 0.240 e. The number of benzene rings is 3. The molecule has 2 amide bonds. The molecule has 0 spiro atoms. The minimum absolute atomic E-state index is 0.0387. The highest BCUT2D eigenvalue weighted by Crippen LogP contribution is 2.47. The number of amides is 2. The zero-order valence-corrected chi connectivity index (χ0v) is 22.0. The van der Waals surface area contributed by atoms with Crippen LogP contribution < -0.4 is 15.4 Å². The molecule has 7 rings (SSSR count). The highest BCUT2D eigenvalue weighted by molar-refractivity contribution is 6.16. The van der Waals surface area contributed by atoms with Crippen LogP contribution in [-0.4, -0.2) is 26.4 Å². The fraction of sp³-hybridized carbons (Fsp3) is 0.0938. The van der Waals surface area contributed by atoms with Crippen LogP contribution in [0.5, 0.6) is 11.5 Å². The van der Waals surface area contributed by atoms with Gasteiger partial charge in [0.1, 0.15) is 16.7 Å². The van der Waals surface area contributed by atoms with Crippen molar-refractivity contribution in [3.05, 3.63) is 109 Å². The lowest BCUT2D eigenvalue weighted by Gasteiger charge is -2.16. The number of halogens is 2. The van der Waals surface area contributed by atoms with E-state index >= 15 is 4.39 Å². The third-order valence-electron chi connectivity index (χ3n) is 7.51. The van der Waals surface area contributed by atoms with Crippen molar-refractivity contribution >= 4 is 39.6 Å². The van der Waals surface area contributed by atoms with Crippen molar-refractivity contribution in [1.82, 2.24) is 14.6 Å². The molecule has 8 nitrogen and oxygen atoms in total. The molecule has 1 aliphatic rings. The van der Waals surface area contributed by atoms with E-state index in [-0.39, 0.29) is 11.4 Å². The lowest BCUT2D eigenvalue weighted by atomic mass is 10.0. The fourth-order valence-electron chi connectivity index (χ4n) is 5.04. The van der Waals surface area contributed by atoms with E-state index in [1.54, 1.807) is 16.8 Å². The maximum absolute atomic E-state index is 15.3. The number of rotatable bonds is 7. The molecular weight excluding hydrogens is 540 g/mol. The second kappa shape index (κ2) is 9.84. The number of nitrogens with one attached hydrogen (secondary N) is 3. The molecule has 10 heteroatoms. The minimum Gasteiger partial charge on any atom is -0.452 e. The van der Waals surface area contributed by atoms with E-state index in [1.165, 1.54) is 36.4 Å². The summed E-state index contributed by atoms with van der Waals surface area (Å²) in [6, 6.07) is 21.0. The highest BCUT2D eigenvalue weighted by atomic mass is 19.1. The highest BCUT2D eigenvalue weighted by Gasteiger charge is 2.56. The Morgan fingerprint density at radius 2 is 1.62 bits per heavy atom. The zero-order chi connectivity index (χ0) is 28.8. The zero-order valence-electron chi connectivity index (χ0n) is 22.0. The van der Waals surface area contributed by atoms with Gasteiger partial charge in [-0.15, -0.1) is 0 Å². The summed E-state index contributed by atoms with van der Waals surface area (Å²) in [6.45, 7) is 0. The number of hydrogen-bond acceptors (Lipinski definition) is 4. The van der Waals surface area contributed by atoms with Crippen LogP contribution in [0.25, 0.3) is 27.5 Å². The van der Waals surface area contributed by atoms with Crippen molar-refractivity contribution < 1.29 is 23.1 Å². The van der Waals surface area contributed by atoms with Crippen LogP contribution in [0, 0.1) is 17.0 Å². The normalized spacial score (nSPS) is 13.7. The molecule has 3 aromatic carbocycles. The summed E-state index contributed by atoms with van der Waals surface area (Å²) >= 11 is 0. The number of fused-ring (bicyclic) bond motifs is 2. The van der Waals surface area contributed by atoms with E-state index in [9.17, 15) is 14.0 Å². The van der Waals surface area contributed by atoms with Crippen LogP contribution in [0.3, 0.4) is 0 Å². The maximum atomic E-state index is 15.3. The lowest BCUT2D eigenvalue weighted by Crippen LogP contribution is -2.35. The van der Waals surface area contributed by atoms with Crippen LogP contribution in [0.2, 0.25) is 0 Å².